The number of carbonyl (C=O) groups excluding carboxylic acids is 3. The van der Waals surface area contributed by atoms with Gasteiger partial charge in [-0.2, -0.15) is 0 Å². The number of esters is 1. The van der Waals surface area contributed by atoms with Crippen LogP contribution in [0.2, 0.25) is 0 Å². The van der Waals surface area contributed by atoms with Crippen LogP contribution in [0.1, 0.15) is 60.3 Å². The Morgan fingerprint density at radius 3 is 2.59 bits per heavy atom. The van der Waals surface area contributed by atoms with Crippen molar-refractivity contribution in [1.29, 1.82) is 0 Å². The van der Waals surface area contributed by atoms with Gasteiger partial charge in [0, 0.05) is 19.2 Å². The van der Waals surface area contributed by atoms with Crippen LogP contribution < -0.4 is 0 Å². The summed E-state index contributed by atoms with van der Waals surface area (Å²) in [7, 11) is 1.77. The third-order valence-electron chi connectivity index (χ3n) is 6.70. The summed E-state index contributed by atoms with van der Waals surface area (Å²) < 4.78 is 11.1. The number of carbonyl (C=O) groups is 3. The molecule has 2 aromatic rings. The van der Waals surface area contributed by atoms with Crippen LogP contribution in [0.25, 0.3) is 0 Å². The van der Waals surface area contributed by atoms with Gasteiger partial charge in [-0.15, -0.1) is 0 Å². The summed E-state index contributed by atoms with van der Waals surface area (Å²) in [5, 5.41) is 0. The number of hydrogen-bond donors (Lipinski definition) is 0. The lowest BCUT2D eigenvalue weighted by atomic mass is 9.85. The number of furan rings is 1. The van der Waals surface area contributed by atoms with Crippen LogP contribution in [0.5, 0.6) is 0 Å². The number of aryl methyl sites for hydroxylation is 1. The lowest BCUT2D eigenvalue weighted by Crippen LogP contribution is -2.57. The normalized spacial score (nSPS) is 25.8. The number of likely N-dealkylation sites (tertiary alicyclic amines) is 2. The molecule has 2 aliphatic heterocycles. The molecule has 4 rings (SSSR count). The van der Waals surface area contributed by atoms with Gasteiger partial charge in [0.05, 0.1) is 18.8 Å². The summed E-state index contributed by atoms with van der Waals surface area (Å²) >= 11 is 0. The Bertz CT molecular complexity index is 984. The first-order valence-corrected chi connectivity index (χ1v) is 11.2. The summed E-state index contributed by atoms with van der Waals surface area (Å²) in [5.41, 5.74) is 0.396. The molecule has 7 heteroatoms. The van der Waals surface area contributed by atoms with Crippen molar-refractivity contribution in [2.24, 2.45) is 5.92 Å². The monoisotopic (exact) mass is 438 g/mol. The second-order valence-corrected chi connectivity index (χ2v) is 8.78. The molecule has 2 amide bonds. The SMILES string of the molecule is CCOC(=O)[C@H]1C[C@]2(CCCCN(C)C2=O)N(C(=O)c2ccc(C)cc2)[C@H]1c1ccco1. The molecular weight excluding hydrogens is 408 g/mol. The molecule has 32 heavy (non-hydrogen) atoms. The second-order valence-electron chi connectivity index (χ2n) is 8.78. The molecule has 1 aromatic carbocycles. The Morgan fingerprint density at radius 1 is 1.19 bits per heavy atom. The highest BCUT2D eigenvalue weighted by Crippen LogP contribution is 2.51. The van der Waals surface area contributed by atoms with Crippen LogP contribution in [-0.4, -0.2) is 53.3 Å². The van der Waals surface area contributed by atoms with Crippen molar-refractivity contribution < 1.29 is 23.5 Å². The number of nitrogens with zero attached hydrogens (tertiary/aromatic N) is 2. The van der Waals surface area contributed by atoms with E-state index >= 15 is 0 Å². The van der Waals surface area contributed by atoms with E-state index in [4.69, 9.17) is 9.15 Å². The first-order chi connectivity index (χ1) is 15.4. The molecule has 0 aliphatic carbocycles. The molecule has 0 unspecified atom stereocenters. The Kier molecular flexibility index (Phi) is 6.09. The van der Waals surface area contributed by atoms with Gasteiger partial charge in [-0.1, -0.05) is 17.7 Å². The lowest BCUT2D eigenvalue weighted by molar-refractivity contribution is -0.149. The fourth-order valence-electron chi connectivity index (χ4n) is 5.17. The zero-order chi connectivity index (χ0) is 22.9. The van der Waals surface area contributed by atoms with Crippen molar-refractivity contribution in [1.82, 2.24) is 9.80 Å². The van der Waals surface area contributed by atoms with E-state index in [1.54, 1.807) is 48.0 Å². The van der Waals surface area contributed by atoms with Gasteiger partial charge < -0.3 is 19.0 Å². The third kappa shape index (κ3) is 3.70. The lowest BCUT2D eigenvalue weighted by Gasteiger charge is -2.40. The van der Waals surface area contributed by atoms with Crippen LogP contribution >= 0.6 is 0 Å². The summed E-state index contributed by atoms with van der Waals surface area (Å²) in [6, 6.07) is 10.1. The van der Waals surface area contributed by atoms with Gasteiger partial charge in [0.2, 0.25) is 5.91 Å². The minimum absolute atomic E-state index is 0.126. The maximum atomic E-state index is 14.0. The van der Waals surface area contributed by atoms with Crippen LogP contribution in [-0.2, 0) is 14.3 Å². The van der Waals surface area contributed by atoms with Gasteiger partial charge >= 0.3 is 5.97 Å². The van der Waals surface area contributed by atoms with E-state index in [1.807, 2.05) is 19.1 Å². The van der Waals surface area contributed by atoms with Gasteiger partial charge in [-0.05, 0) is 63.8 Å². The largest absolute Gasteiger partial charge is 0.467 e. The van der Waals surface area contributed by atoms with Gasteiger partial charge in [0.25, 0.3) is 5.91 Å². The van der Waals surface area contributed by atoms with Crippen LogP contribution in [0.15, 0.2) is 47.1 Å². The van der Waals surface area contributed by atoms with Gasteiger partial charge in [-0.25, -0.2) is 0 Å². The molecule has 2 aliphatic rings. The number of amides is 2. The van der Waals surface area contributed by atoms with E-state index in [2.05, 4.69) is 0 Å². The van der Waals surface area contributed by atoms with E-state index in [1.165, 1.54) is 6.26 Å². The van der Waals surface area contributed by atoms with Crippen molar-refractivity contribution in [2.75, 3.05) is 20.2 Å². The first-order valence-electron chi connectivity index (χ1n) is 11.2. The minimum atomic E-state index is -1.12. The van der Waals surface area contributed by atoms with Crippen molar-refractivity contribution in [3.05, 3.63) is 59.5 Å². The van der Waals surface area contributed by atoms with E-state index in [0.29, 0.717) is 24.3 Å². The Morgan fingerprint density at radius 2 is 1.94 bits per heavy atom. The molecule has 0 radical (unpaired) electrons. The quantitative estimate of drug-likeness (QED) is 0.680. The van der Waals surface area contributed by atoms with Gasteiger partial charge in [0.15, 0.2) is 0 Å². The number of rotatable bonds is 4. The fraction of sp³-hybridized carbons (Fsp3) is 0.480. The van der Waals surface area contributed by atoms with Gasteiger partial charge in [0.1, 0.15) is 17.3 Å². The number of benzene rings is 1. The average molecular weight is 439 g/mol. The van der Waals surface area contributed by atoms with Crippen molar-refractivity contribution in [3.8, 4) is 0 Å². The second kappa shape index (κ2) is 8.81. The standard InChI is InChI=1S/C25H30N2O5/c1-4-31-23(29)19-16-25(13-5-6-14-26(3)24(25)30)27(21(19)20-8-7-15-32-20)22(28)18-11-9-17(2)10-12-18/h7-12,15,19,21H,4-6,13-14,16H2,1-3H3/t19-,21+,25-/m0/s1. The van der Waals surface area contributed by atoms with Crippen LogP contribution in [0.4, 0.5) is 0 Å². The number of likely N-dealkylation sites (N-methyl/N-ethyl adjacent to an activating group) is 1. The highest BCUT2D eigenvalue weighted by atomic mass is 16.5. The van der Waals surface area contributed by atoms with E-state index < -0.39 is 23.5 Å². The molecule has 1 aromatic heterocycles. The van der Waals surface area contributed by atoms with Crippen molar-refractivity contribution >= 4 is 17.8 Å². The van der Waals surface area contributed by atoms with Crippen LogP contribution in [0.3, 0.4) is 0 Å². The number of hydrogen-bond acceptors (Lipinski definition) is 5. The maximum Gasteiger partial charge on any atom is 0.311 e. The molecule has 2 saturated heterocycles. The highest BCUT2D eigenvalue weighted by Gasteiger charge is 2.62. The van der Waals surface area contributed by atoms with Crippen LogP contribution in [0, 0.1) is 12.8 Å². The first kappa shape index (κ1) is 22.1. The van der Waals surface area contributed by atoms with Crippen molar-refractivity contribution in [2.45, 2.75) is 51.1 Å². The Balaban J connectivity index is 1.88. The summed E-state index contributed by atoms with van der Waals surface area (Å²) in [6.45, 7) is 4.57. The summed E-state index contributed by atoms with van der Waals surface area (Å²) in [6.07, 6.45) is 3.89. The third-order valence-corrected chi connectivity index (χ3v) is 6.70. The zero-order valence-electron chi connectivity index (χ0n) is 18.9. The topological polar surface area (TPSA) is 80.1 Å². The molecule has 1 spiro atoms. The maximum absolute atomic E-state index is 14.0. The van der Waals surface area contributed by atoms with E-state index in [-0.39, 0.29) is 24.8 Å². The molecule has 170 valence electrons. The van der Waals surface area contributed by atoms with E-state index in [0.717, 1.165) is 18.4 Å². The molecule has 7 nitrogen and oxygen atoms in total. The molecule has 3 heterocycles. The minimum Gasteiger partial charge on any atom is -0.467 e. The average Bonchev–Trinajstić information content (AvgIpc) is 3.39. The predicted octanol–water partition coefficient (Wildman–Crippen LogP) is 3.74. The summed E-state index contributed by atoms with van der Waals surface area (Å²) in [5.74, 6) is -1.01. The smallest absolute Gasteiger partial charge is 0.311 e. The zero-order valence-corrected chi connectivity index (χ0v) is 18.9. The molecule has 0 N–H and O–H groups in total. The predicted molar refractivity (Wildman–Crippen MR) is 118 cm³/mol. The molecule has 0 bridgehead atoms. The fourth-order valence-corrected chi connectivity index (χ4v) is 5.17. The number of ether oxygens (including phenoxy) is 1. The van der Waals surface area contributed by atoms with E-state index in [9.17, 15) is 14.4 Å². The Labute approximate surface area is 188 Å². The van der Waals surface area contributed by atoms with Gasteiger partial charge in [-0.3, -0.25) is 14.4 Å². The van der Waals surface area contributed by atoms with Crippen molar-refractivity contribution in [3.63, 3.8) is 0 Å². The Hall–Kier alpha value is -3.09. The molecular formula is C25H30N2O5. The highest BCUT2D eigenvalue weighted by molar-refractivity contribution is 6.01. The molecule has 0 saturated carbocycles. The summed E-state index contributed by atoms with van der Waals surface area (Å²) in [4.78, 5) is 44.1. The molecule has 2 fully saturated rings. The molecule has 3 atom stereocenters.